The third-order valence-electron chi connectivity index (χ3n) is 4.04. The summed E-state index contributed by atoms with van der Waals surface area (Å²) in [5.41, 5.74) is 0. The van der Waals surface area contributed by atoms with Gasteiger partial charge in [0.25, 0.3) is 0 Å². The Morgan fingerprint density at radius 2 is 1.24 bits per heavy atom. The van der Waals surface area contributed by atoms with Crippen LogP contribution < -0.4 is 0 Å². The minimum absolute atomic E-state index is 0.0306. The van der Waals surface area contributed by atoms with E-state index in [1.165, 1.54) is 64.2 Å². The van der Waals surface area contributed by atoms with Crippen molar-refractivity contribution in [2.45, 2.75) is 117 Å². The van der Waals surface area contributed by atoms with Gasteiger partial charge < -0.3 is 4.74 Å². The Labute approximate surface area is 133 Å². The highest BCUT2D eigenvalue weighted by atomic mass is 16.5. The number of hydrogen-bond donors (Lipinski definition) is 0. The van der Waals surface area contributed by atoms with Crippen LogP contribution in [0.5, 0.6) is 0 Å². The minimum Gasteiger partial charge on any atom is -0.462 e. The van der Waals surface area contributed by atoms with E-state index in [0.717, 1.165) is 19.3 Å². The third kappa shape index (κ3) is 14.2. The fourth-order valence-corrected chi connectivity index (χ4v) is 2.61. The quantitative estimate of drug-likeness (QED) is 0.257. The first-order valence-corrected chi connectivity index (χ1v) is 9.44. The summed E-state index contributed by atoms with van der Waals surface area (Å²) < 4.78 is 5.69. The molecule has 0 bridgehead atoms. The van der Waals surface area contributed by atoms with Crippen molar-refractivity contribution in [1.29, 1.82) is 0 Å². The Morgan fingerprint density at radius 1 is 0.714 bits per heavy atom. The van der Waals surface area contributed by atoms with Gasteiger partial charge in [0.15, 0.2) is 0 Å². The summed E-state index contributed by atoms with van der Waals surface area (Å²) in [6, 6.07) is 0. The molecule has 0 N–H and O–H groups in total. The average molecular weight is 299 g/mol. The summed E-state index contributed by atoms with van der Waals surface area (Å²) >= 11 is 0. The van der Waals surface area contributed by atoms with Crippen LogP contribution in [-0.4, -0.2) is 12.1 Å². The maximum atomic E-state index is 11.9. The monoisotopic (exact) mass is 298 g/mol. The van der Waals surface area contributed by atoms with Gasteiger partial charge in [-0.25, -0.2) is 0 Å². The topological polar surface area (TPSA) is 26.3 Å². The second-order valence-electron chi connectivity index (χ2n) is 6.27. The van der Waals surface area contributed by atoms with Gasteiger partial charge in [-0.15, -0.1) is 0 Å². The number of hydrogen-bond acceptors (Lipinski definition) is 2. The first-order valence-electron chi connectivity index (χ1n) is 9.44. The van der Waals surface area contributed by atoms with Crippen molar-refractivity contribution in [1.82, 2.24) is 0 Å². The van der Waals surface area contributed by atoms with Crippen LogP contribution in [0.4, 0.5) is 0 Å². The number of carbonyl (C=O) groups is 1. The standard InChI is InChI=1S/C19H38O2/c1-4-7-10-11-12-14-17-19(20)21-18(15-9-6-3)16-13-8-5-2/h18H,4-17H2,1-3H3. The summed E-state index contributed by atoms with van der Waals surface area (Å²) in [6.07, 6.45) is 16.2. The molecule has 0 aromatic heterocycles. The van der Waals surface area contributed by atoms with E-state index in [0.29, 0.717) is 6.42 Å². The normalized spacial score (nSPS) is 12.3. The van der Waals surface area contributed by atoms with Crippen molar-refractivity contribution in [3.63, 3.8) is 0 Å². The van der Waals surface area contributed by atoms with Gasteiger partial charge in [-0.3, -0.25) is 4.79 Å². The molecule has 0 saturated heterocycles. The molecular formula is C19H38O2. The molecule has 0 amide bonds. The highest BCUT2D eigenvalue weighted by molar-refractivity contribution is 5.69. The van der Waals surface area contributed by atoms with Crippen molar-refractivity contribution in [3.8, 4) is 0 Å². The first-order chi connectivity index (χ1) is 10.2. The molecule has 126 valence electrons. The zero-order valence-electron chi connectivity index (χ0n) is 14.8. The van der Waals surface area contributed by atoms with Crippen LogP contribution in [0.3, 0.4) is 0 Å². The Kier molecular flexibility index (Phi) is 15.5. The molecule has 1 unspecified atom stereocenters. The molecule has 0 spiro atoms. The predicted octanol–water partition coefficient (Wildman–Crippen LogP) is 6.42. The number of carbonyl (C=O) groups excluding carboxylic acids is 1. The highest BCUT2D eigenvalue weighted by Crippen LogP contribution is 2.15. The fourth-order valence-electron chi connectivity index (χ4n) is 2.61. The summed E-state index contributed by atoms with van der Waals surface area (Å²) in [4.78, 5) is 11.9. The molecule has 0 aliphatic heterocycles. The van der Waals surface area contributed by atoms with Crippen molar-refractivity contribution in [2.24, 2.45) is 0 Å². The molecule has 0 fully saturated rings. The lowest BCUT2D eigenvalue weighted by Gasteiger charge is -2.17. The lowest BCUT2D eigenvalue weighted by molar-refractivity contribution is -0.150. The summed E-state index contributed by atoms with van der Waals surface area (Å²) in [5, 5.41) is 0. The summed E-state index contributed by atoms with van der Waals surface area (Å²) in [6.45, 7) is 6.64. The Bertz CT molecular complexity index is 226. The minimum atomic E-state index is 0.0306. The molecule has 0 rings (SSSR count). The molecular weight excluding hydrogens is 260 g/mol. The third-order valence-corrected chi connectivity index (χ3v) is 4.04. The van der Waals surface area contributed by atoms with Crippen molar-refractivity contribution in [2.75, 3.05) is 0 Å². The average Bonchev–Trinajstić information content (AvgIpc) is 2.48. The number of unbranched alkanes of at least 4 members (excludes halogenated alkanes) is 8. The Balaban J connectivity index is 3.75. The zero-order chi connectivity index (χ0) is 15.8. The second-order valence-corrected chi connectivity index (χ2v) is 6.27. The molecule has 0 heterocycles. The van der Waals surface area contributed by atoms with Crippen molar-refractivity contribution in [3.05, 3.63) is 0 Å². The summed E-state index contributed by atoms with van der Waals surface area (Å²) in [5.74, 6) is 0.0306. The molecule has 0 radical (unpaired) electrons. The van der Waals surface area contributed by atoms with Crippen LogP contribution in [0.15, 0.2) is 0 Å². The molecule has 0 aromatic rings. The van der Waals surface area contributed by atoms with Crippen molar-refractivity contribution < 1.29 is 9.53 Å². The smallest absolute Gasteiger partial charge is 0.306 e. The van der Waals surface area contributed by atoms with E-state index in [1.807, 2.05) is 0 Å². The SMILES string of the molecule is CCCCCCCCC(=O)OC(CCCC)CCCCC. The van der Waals surface area contributed by atoms with Crippen LogP contribution in [0, 0.1) is 0 Å². The zero-order valence-corrected chi connectivity index (χ0v) is 14.8. The maximum Gasteiger partial charge on any atom is 0.306 e. The van der Waals surface area contributed by atoms with Crippen LogP contribution in [-0.2, 0) is 9.53 Å². The van der Waals surface area contributed by atoms with Crippen LogP contribution in [0.2, 0.25) is 0 Å². The van der Waals surface area contributed by atoms with E-state index >= 15 is 0 Å². The fraction of sp³-hybridized carbons (Fsp3) is 0.947. The van der Waals surface area contributed by atoms with Gasteiger partial charge in [0.2, 0.25) is 0 Å². The first kappa shape index (κ1) is 20.5. The Hall–Kier alpha value is -0.530. The van der Waals surface area contributed by atoms with E-state index in [9.17, 15) is 4.79 Å². The van der Waals surface area contributed by atoms with E-state index in [1.54, 1.807) is 0 Å². The number of rotatable bonds is 15. The molecule has 0 aromatic carbocycles. The van der Waals surface area contributed by atoms with Gasteiger partial charge in [0, 0.05) is 6.42 Å². The van der Waals surface area contributed by atoms with Crippen LogP contribution in [0.25, 0.3) is 0 Å². The van der Waals surface area contributed by atoms with Crippen LogP contribution >= 0.6 is 0 Å². The molecule has 2 nitrogen and oxygen atoms in total. The van der Waals surface area contributed by atoms with Gasteiger partial charge in [-0.05, 0) is 25.7 Å². The van der Waals surface area contributed by atoms with Gasteiger partial charge >= 0.3 is 5.97 Å². The van der Waals surface area contributed by atoms with Crippen LogP contribution in [0.1, 0.15) is 111 Å². The molecule has 1 atom stereocenters. The molecule has 0 saturated carbocycles. The van der Waals surface area contributed by atoms with Gasteiger partial charge in [0.1, 0.15) is 6.10 Å². The van der Waals surface area contributed by atoms with Crippen molar-refractivity contribution >= 4 is 5.97 Å². The number of esters is 1. The molecule has 2 heteroatoms. The predicted molar refractivity (Wildman–Crippen MR) is 91.5 cm³/mol. The van der Waals surface area contributed by atoms with Gasteiger partial charge in [0.05, 0.1) is 0 Å². The highest BCUT2D eigenvalue weighted by Gasteiger charge is 2.13. The van der Waals surface area contributed by atoms with Gasteiger partial charge in [-0.1, -0.05) is 78.6 Å². The van der Waals surface area contributed by atoms with E-state index < -0.39 is 0 Å². The second kappa shape index (κ2) is 15.9. The maximum absolute atomic E-state index is 11.9. The van der Waals surface area contributed by atoms with E-state index in [-0.39, 0.29) is 12.1 Å². The number of ether oxygens (including phenoxy) is 1. The van der Waals surface area contributed by atoms with Gasteiger partial charge in [-0.2, -0.15) is 0 Å². The lowest BCUT2D eigenvalue weighted by Crippen LogP contribution is -2.18. The molecule has 21 heavy (non-hydrogen) atoms. The van der Waals surface area contributed by atoms with E-state index in [4.69, 9.17) is 4.74 Å². The molecule has 0 aliphatic rings. The Morgan fingerprint density at radius 3 is 1.90 bits per heavy atom. The molecule has 0 aliphatic carbocycles. The largest absolute Gasteiger partial charge is 0.462 e. The van der Waals surface area contributed by atoms with E-state index in [2.05, 4.69) is 20.8 Å². The summed E-state index contributed by atoms with van der Waals surface area (Å²) in [7, 11) is 0. The lowest BCUT2D eigenvalue weighted by atomic mass is 10.1.